The van der Waals surface area contributed by atoms with E-state index in [1.807, 2.05) is 22.8 Å². The van der Waals surface area contributed by atoms with Gasteiger partial charge in [0.05, 0.1) is 31.1 Å². The maximum atomic E-state index is 13.4. The average Bonchev–Trinajstić information content (AvgIpc) is 3.31. The fourth-order valence-electron chi connectivity index (χ4n) is 4.31. The molecule has 0 aromatic carbocycles. The first-order valence-corrected chi connectivity index (χ1v) is 10.8. The molecule has 2 heterocycles. The molecule has 152 valence electrons. The SMILES string of the molecule is COCCN(C(=O)[C@@H]1CCC[C@@H](OC)C1)c1nc2c(s1)CCc1c-2cnn1C. The van der Waals surface area contributed by atoms with Crippen molar-refractivity contribution in [2.75, 3.05) is 32.3 Å². The normalized spacial score (nSPS) is 21.2. The fourth-order valence-corrected chi connectivity index (χ4v) is 5.42. The smallest absolute Gasteiger partial charge is 0.232 e. The van der Waals surface area contributed by atoms with Crippen molar-refractivity contribution in [3.63, 3.8) is 0 Å². The third-order valence-electron chi connectivity index (χ3n) is 5.92. The van der Waals surface area contributed by atoms with Gasteiger partial charge < -0.3 is 9.47 Å². The number of hydrogen-bond donors (Lipinski definition) is 0. The zero-order valence-corrected chi connectivity index (χ0v) is 17.6. The van der Waals surface area contributed by atoms with Crippen molar-refractivity contribution in [3.8, 4) is 11.3 Å². The van der Waals surface area contributed by atoms with E-state index in [0.29, 0.717) is 13.2 Å². The van der Waals surface area contributed by atoms with Gasteiger partial charge in [-0.05, 0) is 32.1 Å². The Labute approximate surface area is 169 Å². The summed E-state index contributed by atoms with van der Waals surface area (Å²) in [4.78, 5) is 21.4. The van der Waals surface area contributed by atoms with Gasteiger partial charge in [-0.3, -0.25) is 14.4 Å². The van der Waals surface area contributed by atoms with Crippen LogP contribution < -0.4 is 4.90 Å². The van der Waals surface area contributed by atoms with Crippen LogP contribution in [-0.2, 0) is 34.2 Å². The largest absolute Gasteiger partial charge is 0.383 e. The molecular formula is C20H28N4O3S. The minimum atomic E-state index is -0.00885. The summed E-state index contributed by atoms with van der Waals surface area (Å²) in [5, 5.41) is 5.17. The second kappa shape index (κ2) is 8.31. The summed E-state index contributed by atoms with van der Waals surface area (Å²) in [6.07, 6.45) is 7.74. The minimum absolute atomic E-state index is 0.00885. The van der Waals surface area contributed by atoms with E-state index in [-0.39, 0.29) is 17.9 Å². The van der Waals surface area contributed by atoms with Gasteiger partial charge in [0.25, 0.3) is 0 Å². The van der Waals surface area contributed by atoms with Crippen LogP contribution in [-0.4, -0.2) is 54.1 Å². The molecule has 2 aliphatic carbocycles. The Morgan fingerprint density at radius 2 is 2.21 bits per heavy atom. The molecule has 2 aromatic rings. The quantitative estimate of drug-likeness (QED) is 0.740. The monoisotopic (exact) mass is 404 g/mol. The third-order valence-corrected chi connectivity index (χ3v) is 7.05. The van der Waals surface area contributed by atoms with Gasteiger partial charge in [0.1, 0.15) is 0 Å². The van der Waals surface area contributed by atoms with Gasteiger partial charge in [0, 0.05) is 43.3 Å². The summed E-state index contributed by atoms with van der Waals surface area (Å²) in [5.41, 5.74) is 3.31. The summed E-state index contributed by atoms with van der Waals surface area (Å²) >= 11 is 1.64. The van der Waals surface area contributed by atoms with Crippen molar-refractivity contribution >= 4 is 22.4 Å². The molecule has 8 heteroatoms. The molecule has 2 atom stereocenters. The van der Waals surface area contributed by atoms with E-state index in [2.05, 4.69) is 5.10 Å². The van der Waals surface area contributed by atoms with Gasteiger partial charge in [-0.15, -0.1) is 11.3 Å². The highest BCUT2D eigenvalue weighted by molar-refractivity contribution is 7.16. The Kier molecular flexibility index (Phi) is 5.80. The van der Waals surface area contributed by atoms with Crippen LogP contribution in [0.5, 0.6) is 0 Å². The number of hydrogen-bond acceptors (Lipinski definition) is 6. The standard InChI is InChI=1S/C20H28N4O3S/c1-23-16-7-8-17-18(15(16)12-21-23)22-20(28-17)24(9-10-26-2)19(25)13-5-4-6-14(11-13)27-3/h12-14H,4-11H2,1-3H3/t13-,14-/m1/s1. The first-order valence-electron chi connectivity index (χ1n) is 9.96. The maximum absolute atomic E-state index is 13.4. The van der Waals surface area contributed by atoms with Crippen LogP contribution in [0.4, 0.5) is 5.13 Å². The Morgan fingerprint density at radius 1 is 1.36 bits per heavy atom. The van der Waals surface area contributed by atoms with Crippen molar-refractivity contribution < 1.29 is 14.3 Å². The van der Waals surface area contributed by atoms with E-state index in [9.17, 15) is 4.79 Å². The summed E-state index contributed by atoms with van der Waals surface area (Å²) in [5.74, 6) is 0.141. The number of carbonyl (C=O) groups is 1. The van der Waals surface area contributed by atoms with Gasteiger partial charge in [0.2, 0.25) is 5.91 Å². The second-order valence-electron chi connectivity index (χ2n) is 7.60. The van der Waals surface area contributed by atoms with Crippen LogP contribution in [0.2, 0.25) is 0 Å². The molecule has 0 N–H and O–H groups in total. The number of carbonyl (C=O) groups excluding carboxylic acids is 1. The summed E-state index contributed by atoms with van der Waals surface area (Å²) in [6, 6.07) is 0. The topological polar surface area (TPSA) is 69.5 Å². The Hall–Kier alpha value is -1.77. The molecule has 1 saturated carbocycles. The summed E-state index contributed by atoms with van der Waals surface area (Å²) < 4.78 is 12.7. The predicted octanol–water partition coefficient (Wildman–Crippen LogP) is 2.83. The molecule has 0 spiro atoms. The first-order chi connectivity index (χ1) is 13.6. The number of aromatic nitrogens is 3. The zero-order valence-electron chi connectivity index (χ0n) is 16.8. The predicted molar refractivity (Wildman–Crippen MR) is 109 cm³/mol. The van der Waals surface area contributed by atoms with Crippen molar-refractivity contribution in [1.29, 1.82) is 0 Å². The molecule has 2 aliphatic rings. The molecule has 0 unspecified atom stereocenters. The van der Waals surface area contributed by atoms with Crippen LogP contribution in [0.1, 0.15) is 36.3 Å². The lowest BCUT2D eigenvalue weighted by Crippen LogP contribution is -2.41. The number of thiazole rings is 1. The maximum Gasteiger partial charge on any atom is 0.232 e. The number of ether oxygens (including phenoxy) is 2. The van der Waals surface area contributed by atoms with Crippen molar-refractivity contribution in [3.05, 3.63) is 16.8 Å². The minimum Gasteiger partial charge on any atom is -0.383 e. The fraction of sp³-hybridized carbons (Fsp3) is 0.650. The summed E-state index contributed by atoms with van der Waals surface area (Å²) in [7, 11) is 5.38. The first kappa shape index (κ1) is 19.5. The van der Waals surface area contributed by atoms with Gasteiger partial charge in [-0.2, -0.15) is 5.10 Å². The van der Waals surface area contributed by atoms with Crippen molar-refractivity contribution in [1.82, 2.24) is 14.8 Å². The lowest BCUT2D eigenvalue weighted by Gasteiger charge is -2.31. The number of fused-ring (bicyclic) bond motifs is 3. The Balaban J connectivity index is 1.62. The van der Waals surface area contributed by atoms with E-state index >= 15 is 0 Å². The summed E-state index contributed by atoms with van der Waals surface area (Å²) in [6.45, 7) is 1.02. The molecule has 0 radical (unpaired) electrons. The molecular weight excluding hydrogens is 376 g/mol. The van der Waals surface area contributed by atoms with Crippen LogP contribution in [0.3, 0.4) is 0 Å². The highest BCUT2D eigenvalue weighted by Crippen LogP contribution is 2.40. The molecule has 0 bridgehead atoms. The van der Waals surface area contributed by atoms with Crippen LogP contribution >= 0.6 is 11.3 Å². The highest BCUT2D eigenvalue weighted by atomic mass is 32.1. The zero-order chi connectivity index (χ0) is 19.7. The molecule has 2 aromatic heterocycles. The number of aryl methyl sites for hydroxylation is 2. The number of amides is 1. The Bertz CT molecular complexity index is 847. The highest BCUT2D eigenvalue weighted by Gasteiger charge is 2.33. The van der Waals surface area contributed by atoms with Crippen molar-refractivity contribution in [2.24, 2.45) is 13.0 Å². The van der Waals surface area contributed by atoms with E-state index in [4.69, 9.17) is 14.5 Å². The molecule has 7 nitrogen and oxygen atoms in total. The van der Waals surface area contributed by atoms with Gasteiger partial charge >= 0.3 is 0 Å². The average molecular weight is 405 g/mol. The number of rotatable bonds is 6. The van der Waals surface area contributed by atoms with Crippen LogP contribution in [0.25, 0.3) is 11.3 Å². The van der Waals surface area contributed by atoms with Crippen LogP contribution in [0.15, 0.2) is 6.20 Å². The lowest BCUT2D eigenvalue weighted by molar-refractivity contribution is -0.125. The molecule has 28 heavy (non-hydrogen) atoms. The van der Waals surface area contributed by atoms with Gasteiger partial charge in [-0.1, -0.05) is 6.42 Å². The van der Waals surface area contributed by atoms with Gasteiger partial charge in [0.15, 0.2) is 5.13 Å². The molecule has 1 fully saturated rings. The second-order valence-corrected chi connectivity index (χ2v) is 8.66. The molecule has 4 rings (SSSR count). The number of anilines is 1. The van der Waals surface area contributed by atoms with E-state index in [0.717, 1.165) is 54.9 Å². The molecule has 1 amide bonds. The Morgan fingerprint density at radius 3 is 3.00 bits per heavy atom. The molecule has 0 saturated heterocycles. The number of methoxy groups -OCH3 is 2. The third kappa shape index (κ3) is 3.60. The van der Waals surface area contributed by atoms with E-state index < -0.39 is 0 Å². The van der Waals surface area contributed by atoms with Crippen molar-refractivity contribution in [2.45, 2.75) is 44.6 Å². The lowest BCUT2D eigenvalue weighted by atomic mass is 9.86. The van der Waals surface area contributed by atoms with E-state index in [1.165, 1.54) is 10.6 Å². The number of nitrogens with zero attached hydrogens (tertiary/aromatic N) is 4. The van der Waals surface area contributed by atoms with E-state index in [1.54, 1.807) is 25.6 Å². The van der Waals surface area contributed by atoms with Gasteiger partial charge in [-0.25, -0.2) is 4.98 Å². The molecule has 0 aliphatic heterocycles. The van der Waals surface area contributed by atoms with Crippen LogP contribution in [0, 0.1) is 5.92 Å².